The Labute approximate surface area is 66.6 Å². The molecule has 0 bridgehead atoms. The number of aliphatic hydroxyl groups excluding tert-OH is 1. The molecule has 0 spiro atoms. The van der Waals surface area contributed by atoms with E-state index in [1.807, 2.05) is 6.92 Å². The maximum Gasteiger partial charge on any atom is 0.162 e. The lowest BCUT2D eigenvalue weighted by Gasteiger charge is -2.10. The fourth-order valence-electron chi connectivity index (χ4n) is 1.13. The minimum atomic E-state index is -0.216. The van der Waals surface area contributed by atoms with Crippen molar-refractivity contribution < 1.29 is 14.6 Å². The van der Waals surface area contributed by atoms with E-state index in [-0.39, 0.29) is 19.0 Å². The second-order valence-electron chi connectivity index (χ2n) is 2.55. The van der Waals surface area contributed by atoms with E-state index in [1.165, 1.54) is 0 Å². The maximum atomic E-state index is 8.78. The zero-order valence-electron chi connectivity index (χ0n) is 6.75. The summed E-state index contributed by atoms with van der Waals surface area (Å²) in [6.07, 6.45) is 0.301. The fourth-order valence-corrected chi connectivity index (χ4v) is 1.13. The number of hydrogen-bond acceptors (Lipinski definition) is 3. The Morgan fingerprint density at radius 2 is 2.55 bits per heavy atom. The van der Waals surface area contributed by atoms with Crippen LogP contribution in [0.15, 0.2) is 12.2 Å². The van der Waals surface area contributed by atoms with Gasteiger partial charge in [0, 0.05) is 13.0 Å². The van der Waals surface area contributed by atoms with Crippen LogP contribution in [0.25, 0.3) is 0 Å². The van der Waals surface area contributed by atoms with E-state index in [0.717, 1.165) is 5.57 Å². The van der Waals surface area contributed by atoms with Gasteiger partial charge in [-0.3, -0.25) is 0 Å². The Morgan fingerprint density at radius 3 is 3.00 bits per heavy atom. The molecule has 3 nitrogen and oxygen atoms in total. The summed E-state index contributed by atoms with van der Waals surface area (Å²) in [5.41, 5.74) is 0.922. The van der Waals surface area contributed by atoms with Gasteiger partial charge in [0.1, 0.15) is 6.10 Å². The van der Waals surface area contributed by atoms with E-state index < -0.39 is 0 Å². The van der Waals surface area contributed by atoms with Gasteiger partial charge >= 0.3 is 0 Å². The third-order valence-corrected chi connectivity index (χ3v) is 1.72. The van der Waals surface area contributed by atoms with Gasteiger partial charge in [0.15, 0.2) is 6.29 Å². The van der Waals surface area contributed by atoms with Gasteiger partial charge in [-0.05, 0) is 12.5 Å². The molecule has 2 atom stereocenters. The van der Waals surface area contributed by atoms with Crippen LogP contribution in [0, 0.1) is 0 Å². The topological polar surface area (TPSA) is 38.7 Å². The normalized spacial score (nSPS) is 31.3. The predicted molar refractivity (Wildman–Crippen MR) is 41.1 cm³/mol. The molecule has 1 saturated heterocycles. The van der Waals surface area contributed by atoms with E-state index in [9.17, 15) is 0 Å². The van der Waals surface area contributed by atoms with E-state index in [1.54, 1.807) is 0 Å². The van der Waals surface area contributed by atoms with Crippen LogP contribution in [0.4, 0.5) is 0 Å². The summed E-state index contributed by atoms with van der Waals surface area (Å²) in [5, 5.41) is 8.78. The second-order valence-corrected chi connectivity index (χ2v) is 2.55. The number of aliphatic hydroxyl groups is 1. The molecular weight excluding hydrogens is 144 g/mol. The summed E-state index contributed by atoms with van der Waals surface area (Å²) in [6.45, 7) is 6.33. The van der Waals surface area contributed by atoms with Gasteiger partial charge in [-0.2, -0.15) is 0 Å². The van der Waals surface area contributed by atoms with Crippen molar-refractivity contribution in [3.63, 3.8) is 0 Å². The molecule has 0 amide bonds. The third kappa shape index (κ3) is 2.02. The van der Waals surface area contributed by atoms with Crippen molar-refractivity contribution in [1.29, 1.82) is 0 Å². The van der Waals surface area contributed by atoms with E-state index in [2.05, 4.69) is 6.58 Å². The Morgan fingerprint density at radius 1 is 1.82 bits per heavy atom. The van der Waals surface area contributed by atoms with Crippen LogP contribution >= 0.6 is 0 Å². The summed E-state index contributed by atoms with van der Waals surface area (Å²) < 4.78 is 10.5. The lowest BCUT2D eigenvalue weighted by atomic mass is 10.1. The van der Waals surface area contributed by atoms with Crippen molar-refractivity contribution in [3.05, 3.63) is 12.2 Å². The predicted octanol–water partition coefficient (Wildman–Crippen LogP) is 0.686. The van der Waals surface area contributed by atoms with Gasteiger partial charge in [-0.25, -0.2) is 0 Å². The highest BCUT2D eigenvalue weighted by atomic mass is 16.7. The minimum absolute atomic E-state index is 0.00239. The minimum Gasteiger partial charge on any atom is -0.393 e. The zero-order chi connectivity index (χ0) is 8.27. The Hall–Kier alpha value is -0.380. The quantitative estimate of drug-likeness (QED) is 0.614. The van der Waals surface area contributed by atoms with Crippen LogP contribution in [-0.4, -0.2) is 30.7 Å². The van der Waals surface area contributed by atoms with Crippen molar-refractivity contribution in [1.82, 2.24) is 0 Å². The molecule has 1 aliphatic heterocycles. The Kier molecular flexibility index (Phi) is 3.05. The molecule has 0 aliphatic carbocycles. The van der Waals surface area contributed by atoms with Gasteiger partial charge in [0.2, 0.25) is 0 Å². The van der Waals surface area contributed by atoms with Crippen LogP contribution in [0.5, 0.6) is 0 Å². The molecule has 1 aliphatic rings. The molecule has 0 unspecified atom stereocenters. The first-order valence-electron chi connectivity index (χ1n) is 3.83. The second kappa shape index (κ2) is 3.85. The van der Waals surface area contributed by atoms with Gasteiger partial charge in [-0.1, -0.05) is 6.58 Å². The summed E-state index contributed by atoms with van der Waals surface area (Å²) in [6, 6.07) is 0. The Balaban J connectivity index is 2.36. The molecule has 1 N–H and O–H groups in total. The van der Waals surface area contributed by atoms with E-state index in [4.69, 9.17) is 14.6 Å². The van der Waals surface area contributed by atoms with Crippen molar-refractivity contribution in [2.24, 2.45) is 0 Å². The molecule has 64 valence electrons. The average Bonchev–Trinajstić information content (AvgIpc) is 2.32. The fraction of sp³-hybridized carbons (Fsp3) is 0.750. The molecule has 0 aromatic rings. The number of ether oxygens (including phenoxy) is 2. The van der Waals surface area contributed by atoms with Crippen LogP contribution < -0.4 is 0 Å². The highest BCUT2D eigenvalue weighted by Crippen LogP contribution is 2.24. The van der Waals surface area contributed by atoms with Crippen LogP contribution in [-0.2, 0) is 9.47 Å². The largest absolute Gasteiger partial charge is 0.393 e. The van der Waals surface area contributed by atoms with E-state index >= 15 is 0 Å². The maximum absolute atomic E-state index is 8.78. The monoisotopic (exact) mass is 158 g/mol. The third-order valence-electron chi connectivity index (χ3n) is 1.72. The van der Waals surface area contributed by atoms with Crippen LogP contribution in [0.3, 0.4) is 0 Å². The van der Waals surface area contributed by atoms with Gasteiger partial charge in [-0.15, -0.1) is 0 Å². The van der Waals surface area contributed by atoms with Crippen molar-refractivity contribution in [2.75, 3.05) is 13.2 Å². The first-order valence-corrected chi connectivity index (χ1v) is 3.83. The molecule has 0 radical (unpaired) electrons. The molecular formula is C8H14O3. The SMILES string of the molecule is C=C1C[C@@H](OCC)O[C@@H]1CO. The Bertz CT molecular complexity index is 144. The number of rotatable bonds is 3. The lowest BCUT2D eigenvalue weighted by molar-refractivity contribution is -0.136. The highest BCUT2D eigenvalue weighted by molar-refractivity contribution is 5.07. The standard InChI is InChI=1S/C8H14O3/c1-3-10-8-4-6(2)7(5-9)11-8/h7-9H,2-5H2,1H3/t7-,8+/m1/s1. The molecule has 1 heterocycles. The summed E-state index contributed by atoms with van der Waals surface area (Å²) >= 11 is 0. The van der Waals surface area contributed by atoms with E-state index in [0.29, 0.717) is 13.0 Å². The molecule has 3 heteroatoms. The smallest absolute Gasteiger partial charge is 0.162 e. The molecule has 1 rings (SSSR count). The summed E-state index contributed by atoms with van der Waals surface area (Å²) in [5.74, 6) is 0. The highest BCUT2D eigenvalue weighted by Gasteiger charge is 2.27. The van der Waals surface area contributed by atoms with Gasteiger partial charge in [0.05, 0.1) is 6.61 Å². The first kappa shape index (κ1) is 8.71. The molecule has 0 saturated carbocycles. The van der Waals surface area contributed by atoms with Gasteiger partial charge in [0.25, 0.3) is 0 Å². The van der Waals surface area contributed by atoms with Crippen LogP contribution in [0.2, 0.25) is 0 Å². The molecule has 1 fully saturated rings. The first-order chi connectivity index (χ1) is 5.27. The summed E-state index contributed by atoms with van der Waals surface area (Å²) in [7, 11) is 0. The van der Waals surface area contributed by atoms with Crippen molar-refractivity contribution in [3.8, 4) is 0 Å². The lowest BCUT2D eigenvalue weighted by Crippen LogP contribution is -2.17. The zero-order valence-corrected chi connectivity index (χ0v) is 6.75. The molecule has 0 aromatic carbocycles. The van der Waals surface area contributed by atoms with Crippen molar-refractivity contribution in [2.45, 2.75) is 25.7 Å². The molecule has 11 heavy (non-hydrogen) atoms. The van der Waals surface area contributed by atoms with Gasteiger partial charge < -0.3 is 14.6 Å². The number of hydrogen-bond donors (Lipinski definition) is 1. The van der Waals surface area contributed by atoms with Crippen molar-refractivity contribution >= 4 is 0 Å². The average molecular weight is 158 g/mol. The summed E-state index contributed by atoms with van der Waals surface area (Å²) in [4.78, 5) is 0. The van der Waals surface area contributed by atoms with Crippen LogP contribution in [0.1, 0.15) is 13.3 Å². The molecule has 0 aromatic heterocycles.